The predicted molar refractivity (Wildman–Crippen MR) is 52.8 cm³/mol. The molecule has 56 valence electrons. The van der Waals surface area contributed by atoms with Crippen LogP contribution in [0.2, 0.25) is 0 Å². The Kier molecular flexibility index (Phi) is 2.91. The van der Waals surface area contributed by atoms with Crippen molar-refractivity contribution in [1.82, 2.24) is 0 Å². The number of rotatable bonds is 2. The molecule has 0 aromatic carbocycles. The average Bonchev–Trinajstić information content (AvgIpc) is 2.12. The minimum Gasteiger partial charge on any atom is -0.283 e. The first-order valence-electron chi connectivity index (χ1n) is 2.48. The highest BCUT2D eigenvalue weighted by Gasteiger charge is 2.05. The van der Waals surface area contributed by atoms with Crippen LogP contribution in [0.5, 0.6) is 0 Å². The third-order valence-electron chi connectivity index (χ3n) is 0.728. The van der Waals surface area contributed by atoms with Crippen molar-refractivity contribution in [3.05, 3.63) is 17.5 Å². The Bertz CT molecular complexity index is 239. The van der Waals surface area contributed by atoms with E-state index in [1.54, 1.807) is 11.3 Å². The van der Waals surface area contributed by atoms with Crippen LogP contribution < -0.4 is 11.0 Å². The van der Waals surface area contributed by atoms with Crippen LogP contribution in [0.15, 0.2) is 21.7 Å². The third-order valence-corrected chi connectivity index (χ3v) is 5.02. The van der Waals surface area contributed by atoms with Gasteiger partial charge in [-0.1, -0.05) is 17.9 Å². The molecule has 0 radical (unpaired) electrons. The highest BCUT2D eigenvalue weighted by Crippen LogP contribution is 2.49. The van der Waals surface area contributed by atoms with Gasteiger partial charge in [-0.15, -0.1) is 11.3 Å². The van der Waals surface area contributed by atoms with Crippen LogP contribution in [0.1, 0.15) is 0 Å². The minimum absolute atomic E-state index is 1.10. The summed E-state index contributed by atoms with van der Waals surface area (Å²) < 4.78 is 1.10. The van der Waals surface area contributed by atoms with Gasteiger partial charge < -0.3 is 0 Å². The summed E-state index contributed by atoms with van der Waals surface area (Å²) >= 11 is 7.89. The molecular weight excluding hydrogens is 203 g/mol. The highest BCUT2D eigenvalue weighted by atomic mass is 32.9. The highest BCUT2D eigenvalue weighted by molar-refractivity contribution is 8.69. The van der Waals surface area contributed by atoms with Crippen LogP contribution in [-0.2, 0) is 11.8 Å². The second kappa shape index (κ2) is 3.34. The Morgan fingerprint density at radius 1 is 1.60 bits per heavy atom. The Hall–Kier alpha value is 0.620. The molecule has 6 heteroatoms. The molecule has 10 heavy (non-hydrogen) atoms. The normalized spacial score (nSPS) is 11.8. The lowest BCUT2D eigenvalue weighted by Crippen LogP contribution is -1.98. The molecule has 0 aliphatic carbocycles. The van der Waals surface area contributed by atoms with Crippen molar-refractivity contribution >= 4 is 40.1 Å². The molecule has 1 heterocycles. The Labute approximate surface area is 72.9 Å². The van der Waals surface area contributed by atoms with Crippen LogP contribution in [0, 0.1) is 0 Å². The van der Waals surface area contributed by atoms with E-state index in [9.17, 15) is 0 Å². The van der Waals surface area contributed by atoms with E-state index in [0.717, 1.165) is 4.21 Å². The van der Waals surface area contributed by atoms with Crippen LogP contribution in [0.3, 0.4) is 0 Å². The molecule has 1 aromatic rings. The fourth-order valence-corrected chi connectivity index (χ4v) is 5.33. The van der Waals surface area contributed by atoms with E-state index >= 15 is 0 Å². The summed E-state index contributed by atoms with van der Waals surface area (Å²) in [6.45, 7) is 0. The lowest BCUT2D eigenvalue weighted by atomic mass is 10.7. The number of hydrogen-bond acceptors (Lipinski definition) is 3. The van der Waals surface area contributed by atoms with E-state index in [2.05, 4.69) is 0 Å². The molecule has 0 bridgehead atoms. The summed E-state index contributed by atoms with van der Waals surface area (Å²) in [6, 6.07) is 3.92. The van der Waals surface area contributed by atoms with Gasteiger partial charge in [-0.05, 0) is 22.8 Å². The summed E-state index contributed by atoms with van der Waals surface area (Å²) in [5, 5.41) is 1.98. The van der Waals surface area contributed by atoms with Gasteiger partial charge in [0.15, 0.2) is 0 Å². The van der Waals surface area contributed by atoms with Gasteiger partial charge in [0.25, 0.3) is 0 Å². The second-order valence-corrected chi connectivity index (χ2v) is 9.65. The van der Waals surface area contributed by atoms with E-state index in [1.807, 2.05) is 17.5 Å². The fraction of sp³-hybridized carbons (Fsp3) is 0. The summed E-state index contributed by atoms with van der Waals surface area (Å²) in [5.41, 5.74) is 8.91. The van der Waals surface area contributed by atoms with Crippen molar-refractivity contribution in [3.8, 4) is 0 Å². The maximum absolute atomic E-state index is 5.50. The summed E-state index contributed by atoms with van der Waals surface area (Å²) in [6.07, 6.45) is 0. The largest absolute Gasteiger partial charge is 0.283 e. The van der Waals surface area contributed by atoms with E-state index in [4.69, 9.17) is 22.8 Å². The maximum Gasteiger partial charge on any atom is 0.127 e. The standard InChI is InChI=1S/C4H7N2PS3/c5-7(6,8)10-4-2-1-3-9-4/h1-3H,(H4,5,6,8). The maximum atomic E-state index is 5.50. The molecule has 4 N–H and O–H groups in total. The minimum atomic E-state index is -2.09. The van der Waals surface area contributed by atoms with E-state index < -0.39 is 5.54 Å². The molecule has 0 saturated carbocycles. The Morgan fingerprint density at radius 2 is 2.30 bits per heavy atom. The van der Waals surface area contributed by atoms with Gasteiger partial charge in [0, 0.05) is 0 Å². The van der Waals surface area contributed by atoms with Crippen molar-refractivity contribution in [2.45, 2.75) is 4.21 Å². The molecule has 0 atom stereocenters. The molecule has 0 aliphatic rings. The van der Waals surface area contributed by atoms with Crippen LogP contribution >= 0.6 is 28.3 Å². The molecule has 2 nitrogen and oxygen atoms in total. The molecule has 0 aliphatic heterocycles. The summed E-state index contributed by atoms with van der Waals surface area (Å²) in [7, 11) is 0. The molecule has 0 amide bonds. The quantitative estimate of drug-likeness (QED) is 0.733. The lowest BCUT2D eigenvalue weighted by Gasteiger charge is -2.05. The van der Waals surface area contributed by atoms with Crippen molar-refractivity contribution in [3.63, 3.8) is 0 Å². The first kappa shape index (κ1) is 8.71. The molecule has 0 fully saturated rings. The van der Waals surface area contributed by atoms with Gasteiger partial charge in [-0.2, -0.15) is 0 Å². The Morgan fingerprint density at radius 3 is 2.70 bits per heavy atom. The SMILES string of the molecule is NP(N)(=S)Sc1cccs1. The first-order chi connectivity index (χ1) is 4.58. The fourth-order valence-electron chi connectivity index (χ4n) is 0.456. The van der Waals surface area contributed by atoms with Crippen molar-refractivity contribution in [2.75, 3.05) is 0 Å². The van der Waals surface area contributed by atoms with E-state index in [-0.39, 0.29) is 0 Å². The smallest absolute Gasteiger partial charge is 0.127 e. The van der Waals surface area contributed by atoms with Gasteiger partial charge in [-0.3, -0.25) is 11.0 Å². The third kappa shape index (κ3) is 3.14. The molecular formula is C4H7N2PS3. The van der Waals surface area contributed by atoms with Crippen LogP contribution in [0.25, 0.3) is 0 Å². The Balaban J connectivity index is 2.66. The predicted octanol–water partition coefficient (Wildman–Crippen LogP) is 1.98. The second-order valence-electron chi connectivity index (χ2n) is 1.67. The van der Waals surface area contributed by atoms with Crippen molar-refractivity contribution in [2.24, 2.45) is 11.0 Å². The lowest BCUT2D eigenvalue weighted by molar-refractivity contribution is 1.75. The van der Waals surface area contributed by atoms with Crippen molar-refractivity contribution < 1.29 is 0 Å². The van der Waals surface area contributed by atoms with Crippen LogP contribution in [0.4, 0.5) is 0 Å². The molecule has 0 saturated heterocycles. The first-order valence-corrected chi connectivity index (χ1v) is 7.72. The molecule has 1 rings (SSSR count). The van der Waals surface area contributed by atoms with Crippen LogP contribution in [-0.4, -0.2) is 0 Å². The zero-order chi connectivity index (χ0) is 7.61. The molecule has 0 spiro atoms. The molecule has 0 unspecified atom stereocenters. The summed E-state index contributed by atoms with van der Waals surface area (Å²) in [4.78, 5) is 0. The van der Waals surface area contributed by atoms with Gasteiger partial charge in [0.05, 0.1) is 4.21 Å². The summed E-state index contributed by atoms with van der Waals surface area (Å²) in [5.74, 6) is 0. The topological polar surface area (TPSA) is 52.0 Å². The zero-order valence-corrected chi connectivity index (χ0v) is 8.40. The number of thiophene rings is 1. The van der Waals surface area contributed by atoms with Gasteiger partial charge in [0.2, 0.25) is 0 Å². The van der Waals surface area contributed by atoms with Crippen molar-refractivity contribution in [1.29, 1.82) is 0 Å². The van der Waals surface area contributed by atoms with E-state index in [0.29, 0.717) is 0 Å². The zero-order valence-electron chi connectivity index (χ0n) is 5.06. The van der Waals surface area contributed by atoms with E-state index in [1.165, 1.54) is 11.4 Å². The number of hydrogen-bond donors (Lipinski definition) is 2. The average molecular weight is 210 g/mol. The molecule has 1 aromatic heterocycles. The van der Waals surface area contributed by atoms with Gasteiger partial charge >= 0.3 is 0 Å². The van der Waals surface area contributed by atoms with Gasteiger partial charge in [0.1, 0.15) is 5.54 Å². The number of nitrogens with two attached hydrogens (primary N) is 2. The monoisotopic (exact) mass is 210 g/mol. The van der Waals surface area contributed by atoms with Gasteiger partial charge in [-0.25, -0.2) is 0 Å².